The lowest BCUT2D eigenvalue weighted by Crippen LogP contribution is -2.37. The molecule has 0 bridgehead atoms. The predicted molar refractivity (Wildman–Crippen MR) is 113 cm³/mol. The highest BCUT2D eigenvalue weighted by molar-refractivity contribution is 5.94. The van der Waals surface area contributed by atoms with Crippen LogP contribution in [-0.4, -0.2) is 77.5 Å². The minimum atomic E-state index is -0.0630. The molecule has 0 fully saturated rings. The number of aryl methyl sites for hydroxylation is 1. The largest absolute Gasteiger partial charge is 0.339 e. The molecule has 7 heteroatoms. The Morgan fingerprint density at radius 2 is 1.90 bits per heavy atom. The monoisotopic (exact) mass is 397 g/mol. The van der Waals surface area contributed by atoms with Gasteiger partial charge in [0, 0.05) is 38.7 Å². The predicted octanol–water partition coefficient (Wildman–Crippen LogP) is 1.95. The van der Waals surface area contributed by atoms with E-state index in [-0.39, 0.29) is 11.8 Å². The molecule has 7 nitrogen and oxygen atoms in total. The first-order valence-electron chi connectivity index (χ1n) is 10.2. The highest BCUT2D eigenvalue weighted by Gasteiger charge is 2.28. The molecule has 0 spiro atoms. The number of fused-ring (bicyclic) bond motifs is 1. The summed E-state index contributed by atoms with van der Waals surface area (Å²) in [6, 6.07) is 10.2. The van der Waals surface area contributed by atoms with E-state index in [0.29, 0.717) is 38.2 Å². The molecule has 1 aliphatic heterocycles. The molecule has 1 N–H and O–H groups in total. The second-order valence-corrected chi connectivity index (χ2v) is 7.96. The van der Waals surface area contributed by atoms with Gasteiger partial charge in [0.05, 0.1) is 12.2 Å². The van der Waals surface area contributed by atoms with Gasteiger partial charge in [0.2, 0.25) is 5.91 Å². The fourth-order valence-electron chi connectivity index (χ4n) is 3.59. The maximum Gasteiger partial charge on any atom is 0.274 e. The van der Waals surface area contributed by atoms with Gasteiger partial charge < -0.3 is 14.7 Å². The summed E-state index contributed by atoms with van der Waals surface area (Å²) in [7, 11) is 5.78. The summed E-state index contributed by atoms with van der Waals surface area (Å²) in [5, 5.41) is 7.27. The smallest absolute Gasteiger partial charge is 0.274 e. The minimum absolute atomic E-state index is 0.0630. The highest BCUT2D eigenvalue weighted by Crippen LogP contribution is 2.22. The number of aromatic nitrogens is 2. The molecule has 0 aliphatic carbocycles. The molecule has 3 rings (SSSR count). The number of benzene rings is 1. The Labute approximate surface area is 172 Å². The van der Waals surface area contributed by atoms with Gasteiger partial charge in [-0.25, -0.2) is 0 Å². The number of nitrogens with one attached hydrogen (secondary N) is 1. The number of aromatic amines is 1. The van der Waals surface area contributed by atoms with Gasteiger partial charge in [0.1, 0.15) is 0 Å². The summed E-state index contributed by atoms with van der Waals surface area (Å²) in [5.74, 6) is 0.101. The fraction of sp³-hybridized carbons (Fsp3) is 0.500. The molecule has 29 heavy (non-hydrogen) atoms. The van der Waals surface area contributed by atoms with Crippen LogP contribution >= 0.6 is 0 Å². The number of hydrogen-bond donors (Lipinski definition) is 1. The van der Waals surface area contributed by atoms with Crippen LogP contribution in [0.1, 0.15) is 40.2 Å². The lowest BCUT2D eigenvalue weighted by molar-refractivity contribution is -0.132. The van der Waals surface area contributed by atoms with Crippen molar-refractivity contribution in [3.63, 3.8) is 0 Å². The van der Waals surface area contributed by atoms with E-state index in [1.807, 2.05) is 42.1 Å². The van der Waals surface area contributed by atoms with Crippen molar-refractivity contribution in [2.45, 2.75) is 32.2 Å². The number of nitrogens with zero attached hydrogens (tertiary/aromatic N) is 4. The van der Waals surface area contributed by atoms with Gasteiger partial charge in [0.15, 0.2) is 5.69 Å². The van der Waals surface area contributed by atoms with Crippen LogP contribution in [0.25, 0.3) is 0 Å². The summed E-state index contributed by atoms with van der Waals surface area (Å²) in [5.41, 5.74) is 3.60. The molecule has 0 unspecified atom stereocenters. The second-order valence-electron chi connectivity index (χ2n) is 7.96. The van der Waals surface area contributed by atoms with Crippen LogP contribution in [0.3, 0.4) is 0 Å². The lowest BCUT2D eigenvalue weighted by atomic mass is 10.0. The normalized spacial score (nSPS) is 13.4. The summed E-state index contributed by atoms with van der Waals surface area (Å²) in [6.45, 7) is 2.60. The first-order valence-corrected chi connectivity index (χ1v) is 10.2. The number of likely N-dealkylation sites (N-methyl/N-ethyl adjacent to an activating group) is 2. The van der Waals surface area contributed by atoms with Crippen molar-refractivity contribution in [3.05, 3.63) is 52.8 Å². The standard InChI is InChI=1S/C22H31N5O2/c1-25(2)14-15-26(3)22(29)21-18-12-13-27(16-19(18)23-24-21)20(28)11-7-10-17-8-5-4-6-9-17/h4-6,8-9H,7,10-16H2,1-3H3,(H,23,24). The first-order chi connectivity index (χ1) is 14.0. The van der Waals surface area contributed by atoms with E-state index >= 15 is 0 Å². The molecule has 2 aromatic rings. The second kappa shape index (κ2) is 9.69. The lowest BCUT2D eigenvalue weighted by Gasteiger charge is -2.27. The number of rotatable bonds is 8. The number of carbonyl (C=O) groups is 2. The summed E-state index contributed by atoms with van der Waals surface area (Å²) in [6.07, 6.45) is 2.96. The van der Waals surface area contributed by atoms with Gasteiger partial charge >= 0.3 is 0 Å². The van der Waals surface area contributed by atoms with Crippen LogP contribution in [0.15, 0.2) is 30.3 Å². The van der Waals surface area contributed by atoms with E-state index in [1.165, 1.54) is 5.56 Å². The number of carbonyl (C=O) groups excluding carboxylic acids is 2. The topological polar surface area (TPSA) is 72.5 Å². The Bertz CT molecular complexity index is 831. The van der Waals surface area contributed by atoms with Gasteiger partial charge in [0.25, 0.3) is 5.91 Å². The van der Waals surface area contributed by atoms with Crippen molar-refractivity contribution < 1.29 is 9.59 Å². The quantitative estimate of drug-likeness (QED) is 0.739. The third-order valence-corrected chi connectivity index (χ3v) is 5.42. The van der Waals surface area contributed by atoms with E-state index in [2.05, 4.69) is 22.3 Å². The molecule has 2 amide bonds. The van der Waals surface area contributed by atoms with E-state index in [1.54, 1.807) is 11.9 Å². The van der Waals surface area contributed by atoms with Gasteiger partial charge in [-0.3, -0.25) is 14.7 Å². The van der Waals surface area contributed by atoms with Crippen molar-refractivity contribution in [2.75, 3.05) is 40.8 Å². The maximum absolute atomic E-state index is 12.7. The van der Waals surface area contributed by atoms with E-state index in [9.17, 15) is 9.59 Å². The van der Waals surface area contributed by atoms with Crippen molar-refractivity contribution in [1.82, 2.24) is 24.9 Å². The highest BCUT2D eigenvalue weighted by atomic mass is 16.2. The molecule has 1 aliphatic rings. The van der Waals surface area contributed by atoms with Gasteiger partial charge in [-0.15, -0.1) is 0 Å². The van der Waals surface area contributed by atoms with Crippen molar-refractivity contribution in [2.24, 2.45) is 0 Å². The van der Waals surface area contributed by atoms with Crippen LogP contribution in [0.5, 0.6) is 0 Å². The van der Waals surface area contributed by atoms with Crippen LogP contribution in [0, 0.1) is 0 Å². The zero-order valence-electron chi connectivity index (χ0n) is 17.6. The molecule has 1 aromatic carbocycles. The van der Waals surface area contributed by atoms with Gasteiger partial charge in [-0.1, -0.05) is 30.3 Å². The van der Waals surface area contributed by atoms with Gasteiger partial charge in [-0.05, 0) is 38.9 Å². The summed E-state index contributed by atoms with van der Waals surface area (Å²) >= 11 is 0. The Kier molecular flexibility index (Phi) is 7.04. The average Bonchev–Trinajstić information content (AvgIpc) is 3.15. The molecule has 156 valence electrons. The van der Waals surface area contributed by atoms with Crippen molar-refractivity contribution >= 4 is 11.8 Å². The third kappa shape index (κ3) is 5.44. The molecular formula is C22H31N5O2. The Morgan fingerprint density at radius 1 is 1.14 bits per heavy atom. The minimum Gasteiger partial charge on any atom is -0.339 e. The number of hydrogen-bond acceptors (Lipinski definition) is 4. The van der Waals surface area contributed by atoms with E-state index in [4.69, 9.17) is 0 Å². The van der Waals surface area contributed by atoms with Crippen LogP contribution in [0.2, 0.25) is 0 Å². The number of amides is 2. The molecule has 0 atom stereocenters. The zero-order valence-corrected chi connectivity index (χ0v) is 17.6. The Morgan fingerprint density at radius 3 is 2.62 bits per heavy atom. The van der Waals surface area contributed by atoms with E-state index < -0.39 is 0 Å². The Hall–Kier alpha value is -2.67. The number of H-pyrrole nitrogens is 1. The SMILES string of the molecule is CN(C)CCN(C)C(=O)c1n[nH]c2c1CCN(C(=O)CCCc1ccccc1)C2. The first kappa shape index (κ1) is 21.0. The van der Waals surface area contributed by atoms with E-state index in [0.717, 1.165) is 30.6 Å². The molecular weight excluding hydrogens is 366 g/mol. The summed E-state index contributed by atoms with van der Waals surface area (Å²) in [4.78, 5) is 31.0. The van der Waals surface area contributed by atoms with Crippen LogP contribution < -0.4 is 0 Å². The Balaban J connectivity index is 1.53. The molecule has 0 radical (unpaired) electrons. The fourth-order valence-corrected chi connectivity index (χ4v) is 3.59. The molecule has 0 saturated carbocycles. The van der Waals surface area contributed by atoms with Crippen molar-refractivity contribution in [1.29, 1.82) is 0 Å². The van der Waals surface area contributed by atoms with Crippen LogP contribution in [0.4, 0.5) is 0 Å². The molecule has 1 aromatic heterocycles. The molecule has 2 heterocycles. The molecule has 0 saturated heterocycles. The zero-order chi connectivity index (χ0) is 20.8. The third-order valence-electron chi connectivity index (χ3n) is 5.42. The van der Waals surface area contributed by atoms with Crippen molar-refractivity contribution in [3.8, 4) is 0 Å². The van der Waals surface area contributed by atoms with Crippen LogP contribution in [-0.2, 0) is 24.2 Å². The average molecular weight is 398 g/mol. The summed E-state index contributed by atoms with van der Waals surface area (Å²) < 4.78 is 0. The maximum atomic E-state index is 12.7. The van der Waals surface area contributed by atoms with Gasteiger partial charge in [-0.2, -0.15) is 5.10 Å².